The molecule has 1 N–H and O–H groups in total. The van der Waals surface area contributed by atoms with E-state index in [4.69, 9.17) is 9.47 Å². The summed E-state index contributed by atoms with van der Waals surface area (Å²) in [6, 6.07) is 0.0728. The number of fused-ring (bicyclic) bond motifs is 1. The molecular formula is C12H22N2O3. The fourth-order valence-corrected chi connectivity index (χ4v) is 2.46. The van der Waals surface area contributed by atoms with E-state index in [1.165, 1.54) is 0 Å². The number of carbonyl (C=O) groups excluding carboxylic acids is 1. The molecule has 2 rings (SSSR count). The SMILES string of the molecule is CCCNC(=O)N1CC(C)(C)O[C@@H]2COC[C@H]21. The molecule has 5 heteroatoms. The lowest BCUT2D eigenvalue weighted by Gasteiger charge is -2.44. The van der Waals surface area contributed by atoms with Gasteiger partial charge in [0.25, 0.3) is 0 Å². The van der Waals surface area contributed by atoms with Gasteiger partial charge in [0.1, 0.15) is 6.10 Å². The van der Waals surface area contributed by atoms with Crippen LogP contribution in [-0.2, 0) is 9.47 Å². The van der Waals surface area contributed by atoms with Crippen molar-refractivity contribution in [1.82, 2.24) is 10.2 Å². The number of carbonyl (C=O) groups is 1. The molecule has 98 valence electrons. The molecule has 2 amide bonds. The second-order valence-electron chi connectivity index (χ2n) is 5.38. The van der Waals surface area contributed by atoms with Crippen molar-refractivity contribution in [2.24, 2.45) is 0 Å². The fourth-order valence-electron chi connectivity index (χ4n) is 2.46. The minimum atomic E-state index is -0.293. The van der Waals surface area contributed by atoms with Gasteiger partial charge in [0.15, 0.2) is 0 Å². The first kappa shape index (κ1) is 12.6. The number of morpholine rings is 1. The molecule has 17 heavy (non-hydrogen) atoms. The zero-order valence-electron chi connectivity index (χ0n) is 10.9. The highest BCUT2D eigenvalue weighted by Gasteiger charge is 2.45. The number of nitrogens with zero attached hydrogens (tertiary/aromatic N) is 1. The van der Waals surface area contributed by atoms with E-state index in [0.29, 0.717) is 19.8 Å². The van der Waals surface area contributed by atoms with Crippen LogP contribution in [0.2, 0.25) is 0 Å². The molecule has 2 atom stereocenters. The number of hydrogen-bond acceptors (Lipinski definition) is 3. The first-order valence-corrected chi connectivity index (χ1v) is 6.33. The van der Waals surface area contributed by atoms with Crippen molar-refractivity contribution in [3.63, 3.8) is 0 Å². The van der Waals surface area contributed by atoms with Crippen molar-refractivity contribution in [2.75, 3.05) is 26.3 Å². The van der Waals surface area contributed by atoms with Crippen LogP contribution in [-0.4, -0.2) is 55.0 Å². The van der Waals surface area contributed by atoms with Crippen molar-refractivity contribution in [3.05, 3.63) is 0 Å². The molecule has 0 aromatic heterocycles. The van der Waals surface area contributed by atoms with Crippen LogP contribution in [0.4, 0.5) is 4.79 Å². The van der Waals surface area contributed by atoms with Gasteiger partial charge in [0.2, 0.25) is 0 Å². The van der Waals surface area contributed by atoms with Crippen LogP contribution < -0.4 is 5.32 Å². The minimum Gasteiger partial charge on any atom is -0.376 e. The van der Waals surface area contributed by atoms with Gasteiger partial charge in [-0.05, 0) is 20.3 Å². The number of rotatable bonds is 2. The lowest BCUT2D eigenvalue weighted by Crippen LogP contribution is -2.62. The highest BCUT2D eigenvalue weighted by atomic mass is 16.6. The Morgan fingerprint density at radius 1 is 1.47 bits per heavy atom. The first-order chi connectivity index (χ1) is 8.03. The van der Waals surface area contributed by atoms with Gasteiger partial charge in [-0.25, -0.2) is 4.79 Å². The van der Waals surface area contributed by atoms with E-state index in [0.717, 1.165) is 13.0 Å². The van der Waals surface area contributed by atoms with Crippen LogP contribution in [0.1, 0.15) is 27.2 Å². The van der Waals surface area contributed by atoms with Gasteiger partial charge in [-0.1, -0.05) is 6.92 Å². The van der Waals surface area contributed by atoms with Crippen molar-refractivity contribution in [2.45, 2.75) is 44.9 Å². The molecule has 0 bridgehead atoms. The van der Waals surface area contributed by atoms with Gasteiger partial charge >= 0.3 is 6.03 Å². The van der Waals surface area contributed by atoms with E-state index < -0.39 is 0 Å². The smallest absolute Gasteiger partial charge is 0.317 e. The topological polar surface area (TPSA) is 50.8 Å². The largest absolute Gasteiger partial charge is 0.376 e. The van der Waals surface area contributed by atoms with Crippen LogP contribution in [0.15, 0.2) is 0 Å². The Kier molecular flexibility index (Phi) is 3.58. The Labute approximate surface area is 102 Å². The summed E-state index contributed by atoms with van der Waals surface area (Å²) < 4.78 is 11.4. The van der Waals surface area contributed by atoms with Crippen LogP contribution in [0, 0.1) is 0 Å². The molecule has 0 aromatic carbocycles. The summed E-state index contributed by atoms with van der Waals surface area (Å²) in [5, 5.41) is 2.93. The molecule has 5 nitrogen and oxygen atoms in total. The Morgan fingerprint density at radius 2 is 2.24 bits per heavy atom. The molecule has 0 unspecified atom stereocenters. The average molecular weight is 242 g/mol. The summed E-state index contributed by atoms with van der Waals surface area (Å²) >= 11 is 0. The third kappa shape index (κ3) is 2.72. The molecule has 2 fully saturated rings. The second kappa shape index (κ2) is 4.82. The van der Waals surface area contributed by atoms with E-state index >= 15 is 0 Å². The predicted molar refractivity (Wildman–Crippen MR) is 64.0 cm³/mol. The number of nitrogens with one attached hydrogen (secondary N) is 1. The zero-order chi connectivity index (χ0) is 12.5. The highest BCUT2D eigenvalue weighted by molar-refractivity contribution is 5.75. The van der Waals surface area contributed by atoms with Crippen molar-refractivity contribution in [1.29, 1.82) is 0 Å². The van der Waals surface area contributed by atoms with Crippen LogP contribution in [0.25, 0.3) is 0 Å². The molecule has 2 aliphatic rings. The number of urea groups is 1. The van der Waals surface area contributed by atoms with Crippen LogP contribution in [0.5, 0.6) is 0 Å². The average Bonchev–Trinajstić information content (AvgIpc) is 2.70. The van der Waals surface area contributed by atoms with Crippen molar-refractivity contribution in [3.8, 4) is 0 Å². The highest BCUT2D eigenvalue weighted by Crippen LogP contribution is 2.29. The maximum atomic E-state index is 12.1. The third-order valence-corrected chi connectivity index (χ3v) is 3.21. The Bertz CT molecular complexity index is 293. The fraction of sp³-hybridized carbons (Fsp3) is 0.917. The Morgan fingerprint density at radius 3 is 2.94 bits per heavy atom. The molecular weight excluding hydrogens is 220 g/mol. The summed E-state index contributed by atoms with van der Waals surface area (Å²) in [7, 11) is 0. The minimum absolute atomic E-state index is 0.00345. The number of hydrogen-bond donors (Lipinski definition) is 1. The number of amides is 2. The molecule has 0 spiro atoms. The van der Waals surface area contributed by atoms with E-state index in [-0.39, 0.29) is 23.8 Å². The van der Waals surface area contributed by atoms with Gasteiger partial charge in [0.05, 0.1) is 31.4 Å². The molecule has 2 heterocycles. The molecule has 0 aromatic rings. The maximum absolute atomic E-state index is 12.1. The summed E-state index contributed by atoms with van der Waals surface area (Å²) in [6.45, 7) is 8.59. The molecule has 2 saturated heterocycles. The van der Waals surface area contributed by atoms with Crippen LogP contribution >= 0.6 is 0 Å². The van der Waals surface area contributed by atoms with Gasteiger partial charge in [-0.15, -0.1) is 0 Å². The summed E-state index contributed by atoms with van der Waals surface area (Å²) in [4.78, 5) is 14.0. The number of ether oxygens (including phenoxy) is 2. The second-order valence-corrected chi connectivity index (χ2v) is 5.38. The first-order valence-electron chi connectivity index (χ1n) is 6.33. The molecule has 0 aliphatic carbocycles. The van der Waals surface area contributed by atoms with E-state index in [1.54, 1.807) is 0 Å². The quantitative estimate of drug-likeness (QED) is 0.785. The van der Waals surface area contributed by atoms with E-state index in [9.17, 15) is 4.79 Å². The zero-order valence-corrected chi connectivity index (χ0v) is 10.9. The standard InChI is InChI=1S/C12H22N2O3/c1-4-5-13-11(15)14-8-12(2,3)17-10-7-16-6-9(10)14/h9-10H,4-8H2,1-3H3,(H,13,15)/t9-,10-/m1/s1. The lowest BCUT2D eigenvalue weighted by atomic mass is 10.0. The van der Waals surface area contributed by atoms with Gasteiger partial charge < -0.3 is 19.7 Å². The van der Waals surface area contributed by atoms with Gasteiger partial charge in [-0.2, -0.15) is 0 Å². The maximum Gasteiger partial charge on any atom is 0.317 e. The van der Waals surface area contributed by atoms with Crippen molar-refractivity contribution < 1.29 is 14.3 Å². The summed E-state index contributed by atoms with van der Waals surface area (Å²) in [5.41, 5.74) is -0.293. The van der Waals surface area contributed by atoms with Gasteiger partial charge in [-0.3, -0.25) is 0 Å². The molecule has 0 radical (unpaired) electrons. The summed E-state index contributed by atoms with van der Waals surface area (Å²) in [6.07, 6.45) is 0.968. The Hall–Kier alpha value is -0.810. The van der Waals surface area contributed by atoms with E-state index in [2.05, 4.69) is 5.32 Å². The van der Waals surface area contributed by atoms with Gasteiger partial charge in [0, 0.05) is 6.54 Å². The summed E-state index contributed by atoms with van der Waals surface area (Å²) in [5.74, 6) is 0. The normalized spacial score (nSPS) is 31.1. The van der Waals surface area contributed by atoms with E-state index in [1.807, 2.05) is 25.7 Å². The van der Waals surface area contributed by atoms with Crippen molar-refractivity contribution >= 4 is 6.03 Å². The third-order valence-electron chi connectivity index (χ3n) is 3.21. The predicted octanol–water partition coefficient (Wildman–Crippen LogP) is 0.984. The monoisotopic (exact) mass is 242 g/mol. The molecule has 2 aliphatic heterocycles. The lowest BCUT2D eigenvalue weighted by molar-refractivity contribution is -0.136. The molecule has 0 saturated carbocycles. The van der Waals surface area contributed by atoms with Crippen LogP contribution in [0.3, 0.4) is 0 Å². The Balaban J connectivity index is 2.05.